The first-order valence-electron chi connectivity index (χ1n) is 7.77. The van der Waals surface area contributed by atoms with Crippen LogP contribution < -0.4 is 5.73 Å². The molecule has 1 saturated carbocycles. The third-order valence-electron chi connectivity index (χ3n) is 4.09. The van der Waals surface area contributed by atoms with Gasteiger partial charge in [-0.15, -0.1) is 0 Å². The van der Waals surface area contributed by atoms with Crippen molar-refractivity contribution in [2.75, 3.05) is 0 Å². The third kappa shape index (κ3) is 3.31. The maximum atomic E-state index is 11.2. The molecule has 1 aliphatic rings. The Morgan fingerprint density at radius 2 is 1.90 bits per heavy atom. The van der Waals surface area contributed by atoms with Crippen LogP contribution in [-0.4, -0.2) is 10.9 Å². The van der Waals surface area contributed by atoms with E-state index in [-0.39, 0.29) is 5.91 Å². The molecule has 4 heteroatoms. The highest BCUT2D eigenvalue weighted by atomic mass is 79.9. The standard InChI is InChI=1S/C15H17BrN2O.C2H6/c16-14-13(9-4-2-1-3-5-9)11-7-6-10(15(17)19)8-12(11)18-14;1-2/h6-9,18H,1-5H2,(H2,17,19);1-2H3. The molecule has 114 valence electrons. The predicted molar refractivity (Wildman–Crippen MR) is 91.7 cm³/mol. The minimum absolute atomic E-state index is 0.383. The Bertz CT molecular complexity index is 627. The number of carbonyl (C=O) groups excluding carboxylic acids is 1. The fourth-order valence-electron chi connectivity index (χ4n) is 3.13. The largest absolute Gasteiger partial charge is 0.366 e. The van der Waals surface area contributed by atoms with Crippen LogP contribution in [-0.2, 0) is 0 Å². The van der Waals surface area contributed by atoms with Crippen molar-refractivity contribution in [3.8, 4) is 0 Å². The second-order valence-electron chi connectivity index (χ2n) is 5.31. The maximum absolute atomic E-state index is 11.2. The van der Waals surface area contributed by atoms with Gasteiger partial charge in [-0.1, -0.05) is 39.2 Å². The Morgan fingerprint density at radius 1 is 1.24 bits per heavy atom. The van der Waals surface area contributed by atoms with Crippen LogP contribution in [0, 0.1) is 0 Å². The van der Waals surface area contributed by atoms with Gasteiger partial charge in [-0.25, -0.2) is 0 Å². The maximum Gasteiger partial charge on any atom is 0.248 e. The molecular formula is C17H23BrN2O. The van der Waals surface area contributed by atoms with Crippen molar-refractivity contribution >= 4 is 32.7 Å². The number of nitrogens with one attached hydrogen (secondary N) is 1. The van der Waals surface area contributed by atoms with Crippen molar-refractivity contribution in [3.05, 3.63) is 33.9 Å². The lowest BCUT2D eigenvalue weighted by Crippen LogP contribution is -2.10. The van der Waals surface area contributed by atoms with Gasteiger partial charge in [-0.2, -0.15) is 0 Å². The van der Waals surface area contributed by atoms with Crippen molar-refractivity contribution in [1.29, 1.82) is 0 Å². The first kappa shape index (κ1) is 16.1. The highest BCUT2D eigenvalue weighted by Crippen LogP contribution is 2.40. The summed E-state index contributed by atoms with van der Waals surface area (Å²) in [5, 5.41) is 1.21. The predicted octanol–water partition coefficient (Wildman–Crippen LogP) is 5.10. The average Bonchev–Trinajstić information content (AvgIpc) is 2.85. The van der Waals surface area contributed by atoms with Gasteiger partial charge < -0.3 is 10.7 Å². The van der Waals surface area contributed by atoms with Crippen LogP contribution in [0.15, 0.2) is 22.8 Å². The molecule has 0 unspecified atom stereocenters. The SMILES string of the molecule is CC.NC(=O)c1ccc2c(C3CCCCC3)c(Br)[nH]c2c1. The number of nitrogens with two attached hydrogens (primary N) is 1. The number of amides is 1. The molecule has 3 nitrogen and oxygen atoms in total. The monoisotopic (exact) mass is 350 g/mol. The number of halogens is 1. The molecule has 1 aromatic heterocycles. The lowest BCUT2D eigenvalue weighted by molar-refractivity contribution is 0.100. The summed E-state index contributed by atoms with van der Waals surface area (Å²) in [4.78, 5) is 14.6. The van der Waals surface area contributed by atoms with Crippen LogP contribution in [0.4, 0.5) is 0 Å². The van der Waals surface area contributed by atoms with Gasteiger partial charge in [0.15, 0.2) is 0 Å². The molecule has 1 amide bonds. The number of rotatable bonds is 2. The molecule has 2 aromatic rings. The van der Waals surface area contributed by atoms with Crippen molar-refractivity contribution < 1.29 is 4.79 Å². The van der Waals surface area contributed by atoms with Gasteiger partial charge in [0.05, 0.1) is 4.60 Å². The highest BCUT2D eigenvalue weighted by Gasteiger charge is 2.22. The van der Waals surface area contributed by atoms with E-state index in [4.69, 9.17) is 5.73 Å². The zero-order chi connectivity index (χ0) is 15.4. The van der Waals surface area contributed by atoms with E-state index in [0.29, 0.717) is 11.5 Å². The zero-order valence-electron chi connectivity index (χ0n) is 12.7. The first-order valence-corrected chi connectivity index (χ1v) is 8.57. The fraction of sp³-hybridized carbons (Fsp3) is 0.471. The number of aromatic amines is 1. The second kappa shape index (κ2) is 7.12. The topological polar surface area (TPSA) is 58.9 Å². The zero-order valence-corrected chi connectivity index (χ0v) is 14.3. The molecule has 0 bridgehead atoms. The average molecular weight is 351 g/mol. The minimum Gasteiger partial charge on any atom is -0.366 e. The number of fused-ring (bicyclic) bond motifs is 1. The van der Waals surface area contributed by atoms with Gasteiger partial charge >= 0.3 is 0 Å². The molecule has 3 rings (SSSR count). The van der Waals surface area contributed by atoms with Crippen LogP contribution in [0.3, 0.4) is 0 Å². The van der Waals surface area contributed by atoms with Gasteiger partial charge in [0.25, 0.3) is 0 Å². The quantitative estimate of drug-likeness (QED) is 0.777. The number of hydrogen-bond donors (Lipinski definition) is 2. The van der Waals surface area contributed by atoms with E-state index in [1.807, 2.05) is 32.0 Å². The third-order valence-corrected chi connectivity index (χ3v) is 4.71. The first-order chi connectivity index (χ1) is 10.2. The normalized spacial score (nSPS) is 15.6. The number of aromatic nitrogens is 1. The Morgan fingerprint density at radius 3 is 2.52 bits per heavy atom. The van der Waals surface area contributed by atoms with Crippen LogP contribution in [0.5, 0.6) is 0 Å². The summed E-state index contributed by atoms with van der Waals surface area (Å²) >= 11 is 3.63. The molecule has 3 N–H and O–H groups in total. The van der Waals surface area contributed by atoms with Crippen molar-refractivity contribution in [3.63, 3.8) is 0 Å². The number of primary amides is 1. The number of hydrogen-bond acceptors (Lipinski definition) is 1. The molecule has 0 spiro atoms. The lowest BCUT2D eigenvalue weighted by Gasteiger charge is -2.21. The summed E-state index contributed by atoms with van der Waals surface area (Å²) in [5.74, 6) is 0.239. The van der Waals surface area contributed by atoms with E-state index in [1.165, 1.54) is 43.1 Å². The van der Waals surface area contributed by atoms with Gasteiger partial charge in [0.2, 0.25) is 5.91 Å². The molecule has 1 fully saturated rings. The summed E-state index contributed by atoms with van der Waals surface area (Å²) in [6.45, 7) is 4.00. The van der Waals surface area contributed by atoms with E-state index >= 15 is 0 Å². The minimum atomic E-state index is -0.383. The summed E-state index contributed by atoms with van der Waals surface area (Å²) in [6, 6.07) is 5.67. The van der Waals surface area contributed by atoms with Gasteiger partial charge in [-0.3, -0.25) is 4.79 Å². The van der Waals surface area contributed by atoms with E-state index < -0.39 is 0 Å². The van der Waals surface area contributed by atoms with Gasteiger partial charge in [-0.05, 0) is 52.4 Å². The van der Waals surface area contributed by atoms with Gasteiger partial charge in [0, 0.05) is 16.5 Å². The van der Waals surface area contributed by atoms with E-state index in [1.54, 1.807) is 0 Å². The summed E-state index contributed by atoms with van der Waals surface area (Å²) in [7, 11) is 0. The summed E-state index contributed by atoms with van der Waals surface area (Å²) in [6.07, 6.45) is 6.47. The Kier molecular flexibility index (Phi) is 5.45. The molecule has 0 radical (unpaired) electrons. The van der Waals surface area contributed by atoms with Gasteiger partial charge in [0.1, 0.15) is 0 Å². The molecule has 0 aliphatic heterocycles. The van der Waals surface area contributed by atoms with Crippen LogP contribution in [0.2, 0.25) is 0 Å². The van der Waals surface area contributed by atoms with Crippen LogP contribution in [0.25, 0.3) is 10.9 Å². The molecule has 0 atom stereocenters. The van der Waals surface area contributed by atoms with Crippen LogP contribution >= 0.6 is 15.9 Å². The van der Waals surface area contributed by atoms with Crippen LogP contribution in [0.1, 0.15) is 67.8 Å². The Hall–Kier alpha value is -1.29. The molecular weight excluding hydrogens is 328 g/mol. The fourth-order valence-corrected chi connectivity index (χ4v) is 3.88. The number of carbonyl (C=O) groups is 1. The molecule has 21 heavy (non-hydrogen) atoms. The van der Waals surface area contributed by atoms with E-state index in [0.717, 1.165) is 10.1 Å². The van der Waals surface area contributed by atoms with Crippen molar-refractivity contribution in [1.82, 2.24) is 4.98 Å². The molecule has 1 aromatic carbocycles. The molecule has 1 aliphatic carbocycles. The molecule has 1 heterocycles. The van der Waals surface area contributed by atoms with Crippen molar-refractivity contribution in [2.45, 2.75) is 51.9 Å². The Labute approximate surface area is 134 Å². The molecule has 0 saturated heterocycles. The van der Waals surface area contributed by atoms with Crippen molar-refractivity contribution in [2.24, 2.45) is 5.73 Å². The Balaban J connectivity index is 0.000000774. The summed E-state index contributed by atoms with van der Waals surface area (Å²) in [5.41, 5.74) is 8.24. The summed E-state index contributed by atoms with van der Waals surface area (Å²) < 4.78 is 1.05. The smallest absolute Gasteiger partial charge is 0.248 e. The lowest BCUT2D eigenvalue weighted by atomic mass is 9.84. The second-order valence-corrected chi connectivity index (χ2v) is 6.11. The van der Waals surface area contributed by atoms with E-state index in [9.17, 15) is 4.79 Å². The number of benzene rings is 1. The van der Waals surface area contributed by atoms with E-state index in [2.05, 4.69) is 20.9 Å². The number of H-pyrrole nitrogens is 1. The highest BCUT2D eigenvalue weighted by molar-refractivity contribution is 9.10.